The second kappa shape index (κ2) is 18.5. The molecule has 290 valence electrons. The Morgan fingerprint density at radius 3 is 1.91 bits per heavy atom. The van der Waals surface area contributed by atoms with Crippen LogP contribution in [0.4, 0.5) is 21.5 Å². The Labute approximate surface area is 329 Å². The van der Waals surface area contributed by atoms with Gasteiger partial charge in [-0.05, 0) is 98.5 Å². The quantitative estimate of drug-likeness (QED) is 0.0661. The molecule has 0 spiro atoms. The third-order valence-electron chi connectivity index (χ3n) is 9.64. The van der Waals surface area contributed by atoms with Crippen molar-refractivity contribution in [1.82, 2.24) is 0 Å². The molecule has 0 aliphatic carbocycles. The van der Waals surface area contributed by atoms with Crippen LogP contribution in [0, 0.1) is 43.8 Å². The average molecular weight is 769 g/mol. The number of benzene rings is 5. The molecule has 0 radical (unpaired) electrons. The molecular formula is C45H41FN4O7. The molecule has 1 atom stereocenters. The molecule has 0 saturated carbocycles. The Balaban J connectivity index is 1.14. The normalized spacial score (nSPS) is 11.2. The van der Waals surface area contributed by atoms with Crippen LogP contribution in [0.5, 0.6) is 11.5 Å². The minimum atomic E-state index is -0.952. The minimum absolute atomic E-state index is 0.000829. The molecule has 0 saturated heterocycles. The monoisotopic (exact) mass is 768 g/mol. The standard InChI is InChI=1S/C45H41FN4O7/c1-26-4-20-38(27(2)41(26)53)50-45(57)37-19-21-39(28(3)42(37)54)49-43(55)32-12-16-35(17-13-32)48-44(56)33(22-23-47)25-40(52)31-10-5-30(6-11-31)24-36(51)18-9-29-7-14-34(46)15-8-29/h4-8,10-17,19-21,33,53-54H,9,18,22,24-25H2,1-3H3,(H,48,56)(H,49,55)(H,50,57). The number of anilines is 3. The first-order chi connectivity index (χ1) is 27.2. The lowest BCUT2D eigenvalue weighted by Crippen LogP contribution is -2.25. The molecule has 0 bridgehead atoms. The number of hydrogen-bond acceptors (Lipinski definition) is 8. The van der Waals surface area contributed by atoms with Crippen molar-refractivity contribution in [3.05, 3.63) is 147 Å². The zero-order chi connectivity index (χ0) is 41.2. The van der Waals surface area contributed by atoms with Gasteiger partial charge in [0.25, 0.3) is 11.8 Å². The van der Waals surface area contributed by atoms with Crippen LogP contribution in [0.2, 0.25) is 0 Å². The number of amides is 3. The first kappa shape index (κ1) is 41.0. The van der Waals surface area contributed by atoms with Crippen LogP contribution in [0.25, 0.3) is 0 Å². The highest BCUT2D eigenvalue weighted by molar-refractivity contribution is 6.09. The van der Waals surface area contributed by atoms with E-state index < -0.39 is 23.6 Å². The molecule has 57 heavy (non-hydrogen) atoms. The predicted molar refractivity (Wildman–Crippen MR) is 214 cm³/mol. The Morgan fingerprint density at radius 1 is 0.684 bits per heavy atom. The van der Waals surface area contributed by atoms with Gasteiger partial charge in [-0.2, -0.15) is 5.26 Å². The van der Waals surface area contributed by atoms with Gasteiger partial charge < -0.3 is 26.2 Å². The maximum absolute atomic E-state index is 13.2. The number of phenolic OH excluding ortho intramolecular Hbond substituents is 2. The number of aromatic hydroxyl groups is 2. The summed E-state index contributed by atoms with van der Waals surface area (Å²) in [5.41, 5.74) is 4.50. The summed E-state index contributed by atoms with van der Waals surface area (Å²) in [5, 5.41) is 38.5. The van der Waals surface area contributed by atoms with Crippen LogP contribution in [0.15, 0.2) is 97.1 Å². The number of Topliss-reactive ketones (excluding diaryl/α,β-unsaturated/α-hetero) is 2. The van der Waals surface area contributed by atoms with Gasteiger partial charge in [0.1, 0.15) is 23.1 Å². The molecule has 0 fully saturated rings. The number of nitriles is 1. The molecule has 5 N–H and O–H groups in total. The van der Waals surface area contributed by atoms with Crippen molar-refractivity contribution in [2.45, 2.75) is 52.9 Å². The lowest BCUT2D eigenvalue weighted by atomic mass is 9.94. The number of carbonyl (C=O) groups excluding carboxylic acids is 5. The highest BCUT2D eigenvalue weighted by Gasteiger charge is 2.24. The van der Waals surface area contributed by atoms with Gasteiger partial charge >= 0.3 is 0 Å². The third-order valence-corrected chi connectivity index (χ3v) is 9.64. The summed E-state index contributed by atoms with van der Waals surface area (Å²) >= 11 is 0. The third kappa shape index (κ3) is 10.6. The van der Waals surface area contributed by atoms with Gasteiger partial charge in [0.05, 0.1) is 17.6 Å². The molecular weight excluding hydrogens is 728 g/mol. The maximum Gasteiger partial charge on any atom is 0.259 e. The van der Waals surface area contributed by atoms with Crippen LogP contribution in [0.1, 0.15) is 78.2 Å². The molecule has 5 aromatic carbocycles. The van der Waals surface area contributed by atoms with E-state index in [9.17, 15) is 43.8 Å². The molecule has 3 amide bonds. The molecule has 0 aliphatic heterocycles. The molecule has 12 heteroatoms. The van der Waals surface area contributed by atoms with Gasteiger partial charge in [-0.25, -0.2) is 4.39 Å². The van der Waals surface area contributed by atoms with Crippen LogP contribution >= 0.6 is 0 Å². The Bertz CT molecular complexity index is 2370. The number of nitrogens with one attached hydrogen (secondary N) is 3. The van der Waals surface area contributed by atoms with E-state index in [1.165, 1.54) is 48.5 Å². The van der Waals surface area contributed by atoms with Gasteiger partial charge in [0, 0.05) is 65.0 Å². The molecule has 1 unspecified atom stereocenters. The van der Waals surface area contributed by atoms with Crippen molar-refractivity contribution in [3.63, 3.8) is 0 Å². The van der Waals surface area contributed by atoms with Gasteiger partial charge in [-0.1, -0.05) is 42.5 Å². The first-order valence-corrected chi connectivity index (χ1v) is 18.1. The molecule has 0 aliphatic rings. The van der Waals surface area contributed by atoms with Crippen LogP contribution in [0.3, 0.4) is 0 Å². The van der Waals surface area contributed by atoms with Crippen LogP contribution in [-0.4, -0.2) is 39.5 Å². The number of rotatable bonds is 15. The fourth-order valence-electron chi connectivity index (χ4n) is 6.09. The van der Waals surface area contributed by atoms with Gasteiger partial charge in [-0.15, -0.1) is 0 Å². The van der Waals surface area contributed by atoms with Gasteiger partial charge in [0.2, 0.25) is 5.91 Å². The number of carbonyl (C=O) groups is 5. The molecule has 0 heterocycles. The summed E-state index contributed by atoms with van der Waals surface area (Å²) < 4.78 is 13.1. The average Bonchev–Trinajstić information content (AvgIpc) is 3.20. The van der Waals surface area contributed by atoms with Gasteiger partial charge in [0.15, 0.2) is 5.78 Å². The lowest BCUT2D eigenvalue weighted by Gasteiger charge is -2.15. The number of hydrogen-bond donors (Lipinski definition) is 5. The summed E-state index contributed by atoms with van der Waals surface area (Å²) in [7, 11) is 0. The zero-order valence-electron chi connectivity index (χ0n) is 31.6. The van der Waals surface area contributed by atoms with E-state index in [-0.39, 0.29) is 70.5 Å². The Morgan fingerprint density at radius 2 is 1.26 bits per heavy atom. The van der Waals surface area contributed by atoms with E-state index in [4.69, 9.17) is 0 Å². The summed E-state index contributed by atoms with van der Waals surface area (Å²) in [5.74, 6) is -3.58. The molecule has 11 nitrogen and oxygen atoms in total. The highest BCUT2D eigenvalue weighted by atomic mass is 19.1. The summed E-state index contributed by atoms with van der Waals surface area (Å²) in [4.78, 5) is 64.8. The fourth-order valence-corrected chi connectivity index (χ4v) is 6.09. The topological polar surface area (TPSA) is 186 Å². The Kier molecular flexibility index (Phi) is 13.3. The maximum atomic E-state index is 13.2. The Hall–Kier alpha value is -7.13. The van der Waals surface area contributed by atoms with E-state index in [1.807, 2.05) is 6.07 Å². The van der Waals surface area contributed by atoms with E-state index in [0.29, 0.717) is 40.9 Å². The summed E-state index contributed by atoms with van der Waals surface area (Å²) in [6.45, 7) is 4.94. The van der Waals surface area contributed by atoms with Crippen molar-refractivity contribution in [2.75, 3.05) is 16.0 Å². The molecule has 5 rings (SSSR count). The van der Waals surface area contributed by atoms with E-state index >= 15 is 0 Å². The molecule has 0 aromatic heterocycles. The number of ketones is 2. The van der Waals surface area contributed by atoms with Crippen molar-refractivity contribution in [3.8, 4) is 17.6 Å². The highest BCUT2D eigenvalue weighted by Crippen LogP contribution is 2.32. The molecule has 5 aromatic rings. The van der Waals surface area contributed by atoms with Crippen LogP contribution in [-0.2, 0) is 22.4 Å². The van der Waals surface area contributed by atoms with E-state index in [2.05, 4.69) is 16.0 Å². The fraction of sp³-hybridized carbons (Fsp3) is 0.200. The largest absolute Gasteiger partial charge is 0.507 e. The summed E-state index contributed by atoms with van der Waals surface area (Å²) in [6, 6.07) is 26.6. The number of aryl methyl sites for hydroxylation is 2. The van der Waals surface area contributed by atoms with Gasteiger partial charge in [-0.3, -0.25) is 24.0 Å². The summed E-state index contributed by atoms with van der Waals surface area (Å²) in [6.07, 6.45) is 0.527. The van der Waals surface area contributed by atoms with E-state index in [1.54, 1.807) is 69.3 Å². The van der Waals surface area contributed by atoms with Crippen molar-refractivity contribution in [1.29, 1.82) is 5.26 Å². The second-order valence-corrected chi connectivity index (χ2v) is 13.7. The van der Waals surface area contributed by atoms with E-state index in [0.717, 1.165) is 11.1 Å². The van der Waals surface area contributed by atoms with Crippen molar-refractivity contribution < 1.29 is 38.6 Å². The smallest absolute Gasteiger partial charge is 0.259 e. The number of nitrogens with zero attached hydrogens (tertiary/aromatic N) is 1. The number of phenols is 2. The lowest BCUT2D eigenvalue weighted by molar-refractivity contribution is -0.120. The first-order valence-electron chi connectivity index (χ1n) is 18.1. The SMILES string of the molecule is Cc1ccc(NC(=O)c2ccc(NC(=O)c3ccc(NC(=O)C(CC#N)CC(=O)c4ccc(CC(=O)CCc5ccc(F)cc5)cc4)cc3)c(C)c2O)c(C)c1O. The van der Waals surface area contributed by atoms with Crippen LogP contribution < -0.4 is 16.0 Å². The van der Waals surface area contributed by atoms with Crippen molar-refractivity contribution >= 4 is 46.4 Å². The van der Waals surface area contributed by atoms with Crippen molar-refractivity contribution in [2.24, 2.45) is 5.92 Å². The number of halogens is 1. The predicted octanol–water partition coefficient (Wildman–Crippen LogP) is 8.15. The minimum Gasteiger partial charge on any atom is -0.507 e. The zero-order valence-corrected chi connectivity index (χ0v) is 31.6. The second-order valence-electron chi connectivity index (χ2n) is 13.7.